The molecule has 1 unspecified atom stereocenters. The molecule has 0 bridgehead atoms. The normalized spacial score (nSPS) is 17.7. The number of nitrogens with one attached hydrogen (secondary N) is 1. The number of aromatic nitrogens is 2. The van der Waals surface area contributed by atoms with Crippen LogP contribution in [0, 0.1) is 11.6 Å². The molecule has 28 heavy (non-hydrogen) atoms. The molecule has 0 aliphatic carbocycles. The molecular formula is C21H20F2N4O. The van der Waals surface area contributed by atoms with Crippen LogP contribution in [0.4, 0.5) is 8.78 Å². The minimum atomic E-state index is -0.362. The molecule has 2 heterocycles. The topological polar surface area (TPSA) is 52.2 Å². The van der Waals surface area contributed by atoms with Crippen molar-refractivity contribution in [3.05, 3.63) is 77.5 Å². The van der Waals surface area contributed by atoms with Gasteiger partial charge >= 0.3 is 0 Å². The standard InChI is InChI=1S/C21H20F2N4O/c1-26-10-11-27(21(28)15-4-8-17(23)9-5-15)13-20(26)19-12-18(24-25-19)14-2-6-16(22)7-3-14/h2-9,12,20H,10-11,13H2,1H3,(H,24,25). The highest BCUT2D eigenvalue weighted by Gasteiger charge is 2.30. The molecule has 0 spiro atoms. The average molecular weight is 382 g/mol. The third kappa shape index (κ3) is 3.66. The van der Waals surface area contributed by atoms with Crippen molar-refractivity contribution < 1.29 is 13.6 Å². The summed E-state index contributed by atoms with van der Waals surface area (Å²) in [5.41, 5.74) is 2.91. The van der Waals surface area contributed by atoms with E-state index >= 15 is 0 Å². The SMILES string of the molecule is CN1CCN(C(=O)c2ccc(F)cc2)CC1c1cc(-c2ccc(F)cc2)n[nH]1. The molecule has 1 aromatic heterocycles. The van der Waals surface area contributed by atoms with Gasteiger partial charge in [0.05, 0.1) is 17.4 Å². The lowest BCUT2D eigenvalue weighted by molar-refractivity contribution is 0.0540. The molecule has 0 radical (unpaired) electrons. The fourth-order valence-electron chi connectivity index (χ4n) is 3.44. The van der Waals surface area contributed by atoms with Crippen molar-refractivity contribution in [3.8, 4) is 11.3 Å². The van der Waals surface area contributed by atoms with E-state index in [0.29, 0.717) is 25.2 Å². The maximum atomic E-state index is 13.1. The number of hydrogen-bond acceptors (Lipinski definition) is 3. The molecule has 1 atom stereocenters. The first-order valence-electron chi connectivity index (χ1n) is 9.07. The Bertz CT molecular complexity index is 969. The van der Waals surface area contributed by atoms with Crippen LogP contribution in [0.25, 0.3) is 11.3 Å². The van der Waals surface area contributed by atoms with E-state index in [-0.39, 0.29) is 23.6 Å². The number of likely N-dealkylation sites (N-methyl/N-ethyl adjacent to an activating group) is 1. The van der Waals surface area contributed by atoms with Gasteiger partial charge in [-0.1, -0.05) is 0 Å². The third-order valence-corrected chi connectivity index (χ3v) is 5.12. The number of halogens is 2. The van der Waals surface area contributed by atoms with Crippen LogP contribution in [-0.2, 0) is 0 Å². The second kappa shape index (κ2) is 7.52. The van der Waals surface area contributed by atoms with Gasteiger partial charge < -0.3 is 4.90 Å². The van der Waals surface area contributed by atoms with Crippen LogP contribution in [0.15, 0.2) is 54.6 Å². The molecule has 1 amide bonds. The number of amides is 1. The number of aromatic amines is 1. The Labute approximate surface area is 161 Å². The molecule has 144 valence electrons. The molecule has 3 aromatic rings. The number of H-pyrrole nitrogens is 1. The maximum absolute atomic E-state index is 13.1. The summed E-state index contributed by atoms with van der Waals surface area (Å²) in [7, 11) is 2.00. The predicted octanol–water partition coefficient (Wildman–Crippen LogP) is 3.48. The predicted molar refractivity (Wildman–Crippen MR) is 102 cm³/mol. The van der Waals surface area contributed by atoms with Crippen LogP contribution in [-0.4, -0.2) is 52.6 Å². The van der Waals surface area contributed by atoms with Crippen molar-refractivity contribution >= 4 is 5.91 Å². The Hall–Kier alpha value is -3.06. The minimum absolute atomic E-state index is 0.0418. The second-order valence-corrected chi connectivity index (χ2v) is 6.97. The first-order chi connectivity index (χ1) is 13.5. The van der Waals surface area contributed by atoms with Crippen molar-refractivity contribution in [1.82, 2.24) is 20.0 Å². The van der Waals surface area contributed by atoms with E-state index in [9.17, 15) is 13.6 Å². The summed E-state index contributed by atoms with van der Waals surface area (Å²) in [6.45, 7) is 1.81. The van der Waals surface area contributed by atoms with Crippen LogP contribution < -0.4 is 0 Å². The van der Waals surface area contributed by atoms with Gasteiger partial charge in [-0.2, -0.15) is 5.10 Å². The first-order valence-corrected chi connectivity index (χ1v) is 9.07. The highest BCUT2D eigenvalue weighted by molar-refractivity contribution is 5.94. The lowest BCUT2D eigenvalue weighted by atomic mass is 10.1. The van der Waals surface area contributed by atoms with Gasteiger partial charge in [0, 0.05) is 30.8 Å². The molecule has 2 aromatic carbocycles. The van der Waals surface area contributed by atoms with Crippen molar-refractivity contribution in [2.45, 2.75) is 6.04 Å². The van der Waals surface area contributed by atoms with Gasteiger partial charge in [0.2, 0.25) is 0 Å². The fourth-order valence-corrected chi connectivity index (χ4v) is 3.44. The van der Waals surface area contributed by atoms with Gasteiger partial charge in [-0.05, 0) is 61.6 Å². The maximum Gasteiger partial charge on any atom is 0.253 e. The number of piperazine rings is 1. The summed E-state index contributed by atoms with van der Waals surface area (Å²) in [6, 6.07) is 13.7. The zero-order valence-electron chi connectivity index (χ0n) is 15.4. The van der Waals surface area contributed by atoms with E-state index in [1.165, 1.54) is 36.4 Å². The van der Waals surface area contributed by atoms with Gasteiger partial charge in [0.25, 0.3) is 5.91 Å². The molecule has 4 rings (SSSR count). The summed E-state index contributed by atoms with van der Waals surface area (Å²) in [4.78, 5) is 16.7. The van der Waals surface area contributed by atoms with Gasteiger partial charge in [-0.3, -0.25) is 14.8 Å². The largest absolute Gasteiger partial charge is 0.335 e. The Morgan fingerprint density at radius 2 is 1.68 bits per heavy atom. The van der Waals surface area contributed by atoms with E-state index in [1.807, 2.05) is 13.1 Å². The van der Waals surface area contributed by atoms with E-state index in [4.69, 9.17) is 0 Å². The number of rotatable bonds is 3. The van der Waals surface area contributed by atoms with Crippen molar-refractivity contribution in [1.29, 1.82) is 0 Å². The molecular weight excluding hydrogens is 362 g/mol. The summed E-state index contributed by atoms with van der Waals surface area (Å²) in [6.07, 6.45) is 0. The zero-order valence-corrected chi connectivity index (χ0v) is 15.4. The molecule has 7 heteroatoms. The monoisotopic (exact) mass is 382 g/mol. The molecule has 1 aliphatic heterocycles. The Kier molecular flexibility index (Phi) is 4.92. The van der Waals surface area contributed by atoms with Gasteiger partial charge in [0.15, 0.2) is 0 Å². The van der Waals surface area contributed by atoms with Gasteiger partial charge in [-0.15, -0.1) is 0 Å². The molecule has 1 N–H and O–H groups in total. The molecule has 5 nitrogen and oxygen atoms in total. The van der Waals surface area contributed by atoms with Gasteiger partial charge in [-0.25, -0.2) is 8.78 Å². The Morgan fingerprint density at radius 1 is 1.04 bits per heavy atom. The lowest BCUT2D eigenvalue weighted by Crippen LogP contribution is -2.49. The summed E-state index contributed by atoms with van der Waals surface area (Å²) in [5, 5.41) is 7.40. The van der Waals surface area contributed by atoms with E-state index in [0.717, 1.165) is 17.0 Å². The van der Waals surface area contributed by atoms with Crippen molar-refractivity contribution in [2.24, 2.45) is 0 Å². The molecule has 1 saturated heterocycles. The smallest absolute Gasteiger partial charge is 0.253 e. The lowest BCUT2D eigenvalue weighted by Gasteiger charge is -2.39. The van der Waals surface area contributed by atoms with E-state index < -0.39 is 0 Å². The highest BCUT2D eigenvalue weighted by Crippen LogP contribution is 2.27. The number of nitrogens with zero attached hydrogens (tertiary/aromatic N) is 3. The fraction of sp³-hybridized carbons (Fsp3) is 0.238. The number of benzene rings is 2. The minimum Gasteiger partial charge on any atom is -0.335 e. The summed E-state index contributed by atoms with van der Waals surface area (Å²) >= 11 is 0. The van der Waals surface area contributed by atoms with E-state index in [2.05, 4.69) is 15.1 Å². The van der Waals surface area contributed by atoms with Gasteiger partial charge in [0.1, 0.15) is 11.6 Å². The van der Waals surface area contributed by atoms with Crippen LogP contribution in [0.5, 0.6) is 0 Å². The number of hydrogen-bond donors (Lipinski definition) is 1. The summed E-state index contributed by atoms with van der Waals surface area (Å²) < 4.78 is 26.3. The third-order valence-electron chi connectivity index (χ3n) is 5.12. The highest BCUT2D eigenvalue weighted by atomic mass is 19.1. The van der Waals surface area contributed by atoms with Crippen LogP contribution >= 0.6 is 0 Å². The zero-order chi connectivity index (χ0) is 19.7. The Morgan fingerprint density at radius 3 is 2.36 bits per heavy atom. The number of carbonyl (C=O) groups is 1. The molecule has 1 fully saturated rings. The molecule has 0 saturated carbocycles. The van der Waals surface area contributed by atoms with Crippen LogP contribution in [0.3, 0.4) is 0 Å². The van der Waals surface area contributed by atoms with E-state index in [1.54, 1.807) is 17.0 Å². The second-order valence-electron chi connectivity index (χ2n) is 6.97. The average Bonchev–Trinajstić information content (AvgIpc) is 3.19. The number of carbonyl (C=O) groups excluding carboxylic acids is 1. The Balaban J connectivity index is 1.53. The first kappa shape index (κ1) is 18.3. The van der Waals surface area contributed by atoms with Crippen LogP contribution in [0.1, 0.15) is 22.1 Å². The van der Waals surface area contributed by atoms with Crippen molar-refractivity contribution in [2.75, 3.05) is 26.7 Å². The quantitative estimate of drug-likeness (QED) is 0.755. The van der Waals surface area contributed by atoms with Crippen molar-refractivity contribution in [3.63, 3.8) is 0 Å². The summed E-state index contributed by atoms with van der Waals surface area (Å²) in [5.74, 6) is -0.767. The van der Waals surface area contributed by atoms with Crippen LogP contribution in [0.2, 0.25) is 0 Å². The molecule has 1 aliphatic rings.